The molecule has 1 aromatic heterocycles. The van der Waals surface area contributed by atoms with Gasteiger partial charge in [0, 0.05) is 6.04 Å². The standard InChI is InChI=1S/C11H16BrNO2/c1-3-4-5-8(2)13-11(14)9-6-7-10(12)15-9/h6-8H,3-5H2,1-2H3,(H,13,14). The van der Waals surface area contributed by atoms with E-state index < -0.39 is 0 Å². The molecule has 0 aliphatic rings. The van der Waals surface area contributed by atoms with Crippen molar-refractivity contribution in [3.05, 3.63) is 22.6 Å². The number of halogens is 1. The van der Waals surface area contributed by atoms with Gasteiger partial charge in [0.25, 0.3) is 5.91 Å². The molecule has 1 unspecified atom stereocenters. The highest BCUT2D eigenvalue weighted by Crippen LogP contribution is 2.14. The second kappa shape index (κ2) is 5.95. The molecule has 1 rings (SSSR count). The first-order valence-electron chi connectivity index (χ1n) is 5.19. The van der Waals surface area contributed by atoms with Gasteiger partial charge in [-0.15, -0.1) is 0 Å². The van der Waals surface area contributed by atoms with Gasteiger partial charge in [-0.25, -0.2) is 0 Å². The van der Waals surface area contributed by atoms with Crippen LogP contribution in [0.25, 0.3) is 0 Å². The second-order valence-corrected chi connectivity index (χ2v) is 4.40. The molecule has 15 heavy (non-hydrogen) atoms. The molecular formula is C11H16BrNO2. The van der Waals surface area contributed by atoms with Gasteiger partial charge in [0.05, 0.1) is 0 Å². The Bertz CT molecular complexity index is 322. The molecule has 1 atom stereocenters. The van der Waals surface area contributed by atoms with Crippen LogP contribution in [0.3, 0.4) is 0 Å². The summed E-state index contributed by atoms with van der Waals surface area (Å²) in [6.07, 6.45) is 3.28. The molecular weight excluding hydrogens is 258 g/mol. The Morgan fingerprint density at radius 3 is 2.87 bits per heavy atom. The normalized spacial score (nSPS) is 12.5. The summed E-state index contributed by atoms with van der Waals surface area (Å²) in [5.41, 5.74) is 0. The number of amides is 1. The van der Waals surface area contributed by atoms with Crippen molar-refractivity contribution < 1.29 is 9.21 Å². The van der Waals surface area contributed by atoms with Gasteiger partial charge in [0.1, 0.15) is 0 Å². The number of hydrogen-bond donors (Lipinski definition) is 1. The van der Waals surface area contributed by atoms with Crippen LogP contribution in [-0.4, -0.2) is 11.9 Å². The fraction of sp³-hybridized carbons (Fsp3) is 0.545. The Hall–Kier alpha value is -0.770. The lowest BCUT2D eigenvalue weighted by atomic mass is 10.1. The highest BCUT2D eigenvalue weighted by atomic mass is 79.9. The van der Waals surface area contributed by atoms with Crippen LogP contribution >= 0.6 is 15.9 Å². The van der Waals surface area contributed by atoms with E-state index in [2.05, 4.69) is 28.2 Å². The molecule has 0 saturated heterocycles. The van der Waals surface area contributed by atoms with Crippen molar-refractivity contribution in [2.75, 3.05) is 0 Å². The van der Waals surface area contributed by atoms with Gasteiger partial charge in [-0.3, -0.25) is 4.79 Å². The summed E-state index contributed by atoms with van der Waals surface area (Å²) in [6.45, 7) is 4.14. The van der Waals surface area contributed by atoms with Crippen molar-refractivity contribution in [1.82, 2.24) is 5.32 Å². The van der Waals surface area contributed by atoms with Crippen LogP contribution in [0.15, 0.2) is 21.2 Å². The first-order valence-corrected chi connectivity index (χ1v) is 5.99. The average molecular weight is 274 g/mol. The average Bonchev–Trinajstić information content (AvgIpc) is 2.61. The minimum atomic E-state index is -0.149. The summed E-state index contributed by atoms with van der Waals surface area (Å²) >= 11 is 3.16. The monoisotopic (exact) mass is 273 g/mol. The fourth-order valence-electron chi connectivity index (χ4n) is 1.31. The molecule has 1 aromatic rings. The molecule has 1 heterocycles. The van der Waals surface area contributed by atoms with Gasteiger partial charge in [-0.2, -0.15) is 0 Å². The van der Waals surface area contributed by atoms with Crippen LogP contribution in [0.5, 0.6) is 0 Å². The van der Waals surface area contributed by atoms with E-state index in [0.717, 1.165) is 19.3 Å². The largest absolute Gasteiger partial charge is 0.444 e. The van der Waals surface area contributed by atoms with Crippen molar-refractivity contribution >= 4 is 21.8 Å². The molecule has 0 bridgehead atoms. The molecule has 1 N–H and O–H groups in total. The lowest BCUT2D eigenvalue weighted by Gasteiger charge is -2.11. The molecule has 0 aromatic carbocycles. The summed E-state index contributed by atoms with van der Waals surface area (Å²) in [5, 5.41) is 2.89. The van der Waals surface area contributed by atoms with Gasteiger partial charge in [0.15, 0.2) is 10.4 Å². The number of unbranched alkanes of at least 4 members (excludes halogenated alkanes) is 1. The predicted octanol–water partition coefficient (Wildman–Crippen LogP) is 3.35. The number of hydrogen-bond acceptors (Lipinski definition) is 2. The second-order valence-electron chi connectivity index (χ2n) is 3.62. The zero-order valence-electron chi connectivity index (χ0n) is 9.05. The Morgan fingerprint density at radius 2 is 2.33 bits per heavy atom. The molecule has 3 nitrogen and oxygen atoms in total. The van der Waals surface area contributed by atoms with Crippen molar-refractivity contribution in [3.8, 4) is 0 Å². The van der Waals surface area contributed by atoms with Crippen molar-refractivity contribution in [3.63, 3.8) is 0 Å². The van der Waals surface area contributed by atoms with Crippen molar-refractivity contribution in [2.24, 2.45) is 0 Å². The van der Waals surface area contributed by atoms with E-state index in [-0.39, 0.29) is 11.9 Å². The van der Waals surface area contributed by atoms with Crippen molar-refractivity contribution in [1.29, 1.82) is 0 Å². The minimum absolute atomic E-state index is 0.149. The maximum atomic E-state index is 11.6. The zero-order chi connectivity index (χ0) is 11.3. The first kappa shape index (κ1) is 12.3. The third kappa shape index (κ3) is 4.08. The van der Waals surface area contributed by atoms with Gasteiger partial charge >= 0.3 is 0 Å². The van der Waals surface area contributed by atoms with Gasteiger partial charge < -0.3 is 9.73 Å². The molecule has 1 amide bonds. The maximum Gasteiger partial charge on any atom is 0.287 e. The third-order valence-electron chi connectivity index (χ3n) is 2.17. The van der Waals surface area contributed by atoms with E-state index in [1.165, 1.54) is 0 Å². The van der Waals surface area contributed by atoms with Crippen LogP contribution in [-0.2, 0) is 0 Å². The molecule has 0 radical (unpaired) electrons. The molecule has 4 heteroatoms. The first-order chi connectivity index (χ1) is 7.13. The van der Waals surface area contributed by atoms with E-state index in [4.69, 9.17) is 4.42 Å². The predicted molar refractivity (Wildman–Crippen MR) is 62.9 cm³/mol. The summed E-state index contributed by atoms with van der Waals surface area (Å²) in [6, 6.07) is 3.57. The Balaban J connectivity index is 2.42. The van der Waals surface area contributed by atoms with Gasteiger partial charge in [-0.05, 0) is 41.4 Å². The molecule has 0 aliphatic heterocycles. The quantitative estimate of drug-likeness (QED) is 0.894. The summed E-state index contributed by atoms with van der Waals surface area (Å²) < 4.78 is 5.73. The smallest absolute Gasteiger partial charge is 0.287 e. The van der Waals surface area contributed by atoms with E-state index in [1.54, 1.807) is 12.1 Å². The van der Waals surface area contributed by atoms with E-state index in [0.29, 0.717) is 10.4 Å². The summed E-state index contributed by atoms with van der Waals surface area (Å²) in [5.74, 6) is 0.203. The van der Waals surface area contributed by atoms with Crippen LogP contribution in [0.4, 0.5) is 0 Å². The lowest BCUT2D eigenvalue weighted by Crippen LogP contribution is -2.32. The number of carbonyl (C=O) groups excluding carboxylic acids is 1. The Kier molecular flexibility index (Phi) is 4.88. The number of carbonyl (C=O) groups is 1. The van der Waals surface area contributed by atoms with Gasteiger partial charge in [-0.1, -0.05) is 19.8 Å². The Morgan fingerprint density at radius 1 is 1.60 bits per heavy atom. The highest BCUT2D eigenvalue weighted by molar-refractivity contribution is 9.10. The van der Waals surface area contributed by atoms with Crippen molar-refractivity contribution in [2.45, 2.75) is 39.2 Å². The lowest BCUT2D eigenvalue weighted by molar-refractivity contribution is 0.0908. The SMILES string of the molecule is CCCCC(C)NC(=O)c1ccc(Br)o1. The van der Waals surface area contributed by atoms with E-state index in [1.807, 2.05) is 6.92 Å². The third-order valence-corrected chi connectivity index (χ3v) is 2.59. The molecule has 0 spiro atoms. The van der Waals surface area contributed by atoms with Crippen LogP contribution in [0, 0.1) is 0 Å². The number of furan rings is 1. The zero-order valence-corrected chi connectivity index (χ0v) is 10.6. The molecule has 84 valence electrons. The van der Waals surface area contributed by atoms with Crippen LogP contribution in [0.1, 0.15) is 43.7 Å². The summed E-state index contributed by atoms with van der Waals surface area (Å²) in [7, 11) is 0. The van der Waals surface area contributed by atoms with Gasteiger partial charge in [0.2, 0.25) is 0 Å². The van der Waals surface area contributed by atoms with E-state index >= 15 is 0 Å². The Labute approximate surface area is 98.4 Å². The van der Waals surface area contributed by atoms with Crippen LogP contribution in [0.2, 0.25) is 0 Å². The minimum Gasteiger partial charge on any atom is -0.444 e. The topological polar surface area (TPSA) is 42.2 Å². The molecule has 0 fully saturated rings. The number of nitrogens with one attached hydrogen (secondary N) is 1. The maximum absolute atomic E-state index is 11.6. The fourth-order valence-corrected chi connectivity index (χ4v) is 1.62. The number of rotatable bonds is 5. The molecule has 0 aliphatic carbocycles. The van der Waals surface area contributed by atoms with Crippen LogP contribution < -0.4 is 5.32 Å². The summed E-state index contributed by atoms with van der Waals surface area (Å²) in [4.78, 5) is 11.6. The highest BCUT2D eigenvalue weighted by Gasteiger charge is 2.12. The molecule has 0 saturated carbocycles. The van der Waals surface area contributed by atoms with E-state index in [9.17, 15) is 4.79 Å².